The second kappa shape index (κ2) is 4.97. The molecule has 0 amide bonds. The van der Waals surface area contributed by atoms with Crippen LogP contribution in [0.2, 0.25) is 0 Å². The van der Waals surface area contributed by atoms with Crippen molar-refractivity contribution in [1.29, 1.82) is 0 Å². The van der Waals surface area contributed by atoms with E-state index in [4.69, 9.17) is 15.0 Å². The van der Waals surface area contributed by atoms with Gasteiger partial charge in [0.1, 0.15) is 18.2 Å². The summed E-state index contributed by atoms with van der Waals surface area (Å²) in [4.78, 5) is 0. The Morgan fingerprint density at radius 3 is 2.94 bits per heavy atom. The first-order valence-electron chi connectivity index (χ1n) is 5.24. The van der Waals surface area contributed by atoms with Crippen molar-refractivity contribution < 1.29 is 13.7 Å². The van der Waals surface area contributed by atoms with Gasteiger partial charge in [-0.25, -0.2) is 4.39 Å². The Hall–Kier alpha value is -1.88. The maximum absolute atomic E-state index is 13.1. The summed E-state index contributed by atoms with van der Waals surface area (Å²) in [6, 6.07) is 5.68. The fraction of sp³-hybridized carbons (Fsp3) is 0.250. The highest BCUT2D eigenvalue weighted by Crippen LogP contribution is 2.25. The maximum Gasteiger partial charge on any atom is 0.174 e. The highest BCUT2D eigenvalue weighted by atomic mass is 19.1. The highest BCUT2D eigenvalue weighted by molar-refractivity contribution is 5.36. The molecule has 5 heteroatoms. The lowest BCUT2D eigenvalue weighted by molar-refractivity contribution is 0.246. The second-order valence-corrected chi connectivity index (χ2v) is 3.74. The molecule has 90 valence electrons. The first kappa shape index (κ1) is 11.6. The average molecular weight is 236 g/mol. The van der Waals surface area contributed by atoms with Crippen LogP contribution in [0, 0.1) is 5.82 Å². The van der Waals surface area contributed by atoms with E-state index < -0.39 is 0 Å². The van der Waals surface area contributed by atoms with Gasteiger partial charge in [-0.3, -0.25) is 0 Å². The number of benzene rings is 1. The predicted octanol–water partition coefficient (Wildman–Crippen LogP) is 2.41. The van der Waals surface area contributed by atoms with E-state index >= 15 is 0 Å². The van der Waals surface area contributed by atoms with Gasteiger partial charge in [0.05, 0.1) is 6.20 Å². The van der Waals surface area contributed by atoms with E-state index in [1.54, 1.807) is 19.1 Å². The first-order valence-corrected chi connectivity index (χ1v) is 5.24. The zero-order valence-corrected chi connectivity index (χ0v) is 9.39. The normalized spacial score (nSPS) is 12.4. The molecule has 0 bridgehead atoms. The van der Waals surface area contributed by atoms with Gasteiger partial charge in [-0.05, 0) is 25.1 Å². The summed E-state index contributed by atoms with van der Waals surface area (Å²) in [5, 5.41) is 3.57. The molecule has 17 heavy (non-hydrogen) atoms. The highest BCUT2D eigenvalue weighted by Gasteiger charge is 2.10. The fourth-order valence-electron chi connectivity index (χ4n) is 1.47. The molecule has 0 fully saturated rings. The van der Waals surface area contributed by atoms with Crippen molar-refractivity contribution in [3.8, 4) is 5.75 Å². The number of rotatable bonds is 4. The van der Waals surface area contributed by atoms with Gasteiger partial charge in [-0.15, -0.1) is 0 Å². The first-order chi connectivity index (χ1) is 8.16. The minimum Gasteiger partial charge on any atom is -0.485 e. The third-order valence-corrected chi connectivity index (χ3v) is 2.32. The number of hydrogen-bond donors (Lipinski definition) is 1. The molecular weight excluding hydrogens is 223 g/mol. The van der Waals surface area contributed by atoms with E-state index in [2.05, 4.69) is 5.16 Å². The molecule has 0 radical (unpaired) electrons. The van der Waals surface area contributed by atoms with Gasteiger partial charge in [-0.1, -0.05) is 5.16 Å². The third kappa shape index (κ3) is 2.82. The fourth-order valence-corrected chi connectivity index (χ4v) is 1.47. The van der Waals surface area contributed by atoms with Gasteiger partial charge in [0.25, 0.3) is 0 Å². The number of nitrogens with zero attached hydrogens (tertiary/aromatic N) is 1. The van der Waals surface area contributed by atoms with Crippen LogP contribution in [0.25, 0.3) is 0 Å². The van der Waals surface area contributed by atoms with Crippen LogP contribution in [0.1, 0.15) is 24.3 Å². The molecular formula is C12H13FN2O2. The Bertz CT molecular complexity index is 483. The van der Waals surface area contributed by atoms with Crippen LogP contribution in [0.4, 0.5) is 4.39 Å². The van der Waals surface area contributed by atoms with E-state index in [0.29, 0.717) is 17.1 Å². The molecule has 0 aliphatic carbocycles. The zero-order chi connectivity index (χ0) is 12.3. The van der Waals surface area contributed by atoms with Crippen LogP contribution in [0.3, 0.4) is 0 Å². The lowest BCUT2D eigenvalue weighted by atomic mass is 10.1. The van der Waals surface area contributed by atoms with E-state index in [9.17, 15) is 4.39 Å². The minimum absolute atomic E-state index is 0.241. The smallest absolute Gasteiger partial charge is 0.174 e. The second-order valence-electron chi connectivity index (χ2n) is 3.74. The molecule has 1 aromatic heterocycles. The van der Waals surface area contributed by atoms with Gasteiger partial charge < -0.3 is 15.0 Å². The Balaban J connectivity index is 2.14. The number of hydrogen-bond acceptors (Lipinski definition) is 4. The molecule has 2 aromatic rings. The van der Waals surface area contributed by atoms with E-state index in [1.165, 1.54) is 18.3 Å². The van der Waals surface area contributed by atoms with Crippen molar-refractivity contribution in [2.75, 3.05) is 0 Å². The number of ether oxygens (including phenoxy) is 1. The number of aromatic nitrogens is 1. The molecule has 1 atom stereocenters. The van der Waals surface area contributed by atoms with Gasteiger partial charge >= 0.3 is 0 Å². The molecule has 1 aromatic carbocycles. The lowest BCUT2D eigenvalue weighted by Crippen LogP contribution is -2.08. The largest absolute Gasteiger partial charge is 0.485 e. The summed E-state index contributed by atoms with van der Waals surface area (Å²) in [7, 11) is 0. The Labute approximate surface area is 98.2 Å². The van der Waals surface area contributed by atoms with Gasteiger partial charge in [0.2, 0.25) is 0 Å². The van der Waals surface area contributed by atoms with Crippen LogP contribution in [0.15, 0.2) is 35.0 Å². The molecule has 1 unspecified atom stereocenters. The van der Waals surface area contributed by atoms with Gasteiger partial charge in [-0.2, -0.15) is 0 Å². The lowest BCUT2D eigenvalue weighted by Gasteiger charge is -2.13. The number of nitrogens with two attached hydrogens (primary N) is 1. The van der Waals surface area contributed by atoms with Crippen LogP contribution in [-0.2, 0) is 6.61 Å². The molecule has 2 N–H and O–H groups in total. The monoisotopic (exact) mass is 236 g/mol. The van der Waals surface area contributed by atoms with Crippen molar-refractivity contribution in [2.45, 2.75) is 19.6 Å². The van der Waals surface area contributed by atoms with Gasteiger partial charge in [0.15, 0.2) is 5.76 Å². The Morgan fingerprint density at radius 2 is 2.29 bits per heavy atom. The molecule has 1 heterocycles. The predicted molar refractivity (Wildman–Crippen MR) is 59.8 cm³/mol. The standard InChI is InChI=1S/C12H13FN2O2/c1-8(14)11-6-9(13)2-3-12(11)16-7-10-4-5-15-17-10/h2-6,8H,7,14H2,1H3. The molecule has 2 rings (SSSR count). The molecule has 0 spiro atoms. The molecule has 0 aliphatic rings. The zero-order valence-electron chi connectivity index (χ0n) is 9.39. The van der Waals surface area contributed by atoms with Gasteiger partial charge in [0, 0.05) is 17.7 Å². The van der Waals surface area contributed by atoms with E-state index in [0.717, 1.165) is 0 Å². The quantitative estimate of drug-likeness (QED) is 0.885. The van der Waals surface area contributed by atoms with Crippen molar-refractivity contribution in [3.05, 3.63) is 47.6 Å². The van der Waals surface area contributed by atoms with Crippen molar-refractivity contribution in [2.24, 2.45) is 5.73 Å². The average Bonchev–Trinajstić information content (AvgIpc) is 2.80. The van der Waals surface area contributed by atoms with E-state index in [-0.39, 0.29) is 18.5 Å². The van der Waals surface area contributed by atoms with E-state index in [1.807, 2.05) is 0 Å². The van der Waals surface area contributed by atoms with Crippen LogP contribution in [-0.4, -0.2) is 5.16 Å². The van der Waals surface area contributed by atoms with Crippen LogP contribution < -0.4 is 10.5 Å². The summed E-state index contributed by atoms with van der Waals surface area (Å²) in [6.45, 7) is 2.02. The molecule has 0 saturated carbocycles. The molecule has 0 aliphatic heterocycles. The summed E-state index contributed by atoms with van der Waals surface area (Å²) in [6.07, 6.45) is 1.54. The molecule has 4 nitrogen and oxygen atoms in total. The maximum atomic E-state index is 13.1. The summed E-state index contributed by atoms with van der Waals surface area (Å²) < 4.78 is 23.5. The Kier molecular flexibility index (Phi) is 3.39. The summed E-state index contributed by atoms with van der Waals surface area (Å²) in [5.74, 6) is 0.826. The Morgan fingerprint density at radius 1 is 1.47 bits per heavy atom. The molecule has 0 saturated heterocycles. The number of halogens is 1. The van der Waals surface area contributed by atoms with Crippen LogP contribution >= 0.6 is 0 Å². The van der Waals surface area contributed by atoms with Crippen molar-refractivity contribution in [1.82, 2.24) is 5.16 Å². The summed E-state index contributed by atoms with van der Waals surface area (Å²) >= 11 is 0. The topological polar surface area (TPSA) is 61.3 Å². The summed E-state index contributed by atoms with van der Waals surface area (Å²) in [5.41, 5.74) is 6.38. The van der Waals surface area contributed by atoms with Crippen molar-refractivity contribution >= 4 is 0 Å². The minimum atomic E-state index is -0.329. The third-order valence-electron chi connectivity index (χ3n) is 2.32. The SMILES string of the molecule is CC(N)c1cc(F)ccc1OCc1ccno1. The van der Waals surface area contributed by atoms with Crippen molar-refractivity contribution in [3.63, 3.8) is 0 Å². The van der Waals surface area contributed by atoms with Crippen LogP contribution in [0.5, 0.6) is 5.75 Å².